The molecule has 1 saturated carbocycles. The van der Waals surface area contributed by atoms with Gasteiger partial charge in [-0.25, -0.2) is 4.98 Å². The number of hydrogen-bond acceptors (Lipinski definition) is 4. The molecule has 0 atom stereocenters. The van der Waals surface area contributed by atoms with Crippen molar-refractivity contribution >= 4 is 5.82 Å². The van der Waals surface area contributed by atoms with E-state index in [0.29, 0.717) is 5.41 Å². The second-order valence-corrected chi connectivity index (χ2v) is 7.03. The monoisotopic (exact) mass is 274 g/mol. The van der Waals surface area contributed by atoms with E-state index in [1.54, 1.807) is 0 Å². The van der Waals surface area contributed by atoms with E-state index in [-0.39, 0.29) is 0 Å². The molecule has 0 aromatic carbocycles. The summed E-state index contributed by atoms with van der Waals surface area (Å²) in [5, 5.41) is 3.48. The normalized spacial score (nSPS) is 22.6. The number of anilines is 1. The first kappa shape index (κ1) is 13.8. The van der Waals surface area contributed by atoms with Crippen molar-refractivity contribution in [2.24, 2.45) is 5.41 Å². The Balaban J connectivity index is 1.58. The molecular weight excluding hydrogens is 248 g/mol. The van der Waals surface area contributed by atoms with Gasteiger partial charge in [-0.1, -0.05) is 13.8 Å². The van der Waals surface area contributed by atoms with Crippen LogP contribution in [0.5, 0.6) is 0 Å². The van der Waals surface area contributed by atoms with Crippen LogP contribution in [0.1, 0.15) is 51.6 Å². The Morgan fingerprint density at radius 1 is 1.20 bits per heavy atom. The van der Waals surface area contributed by atoms with Crippen LogP contribution in [-0.4, -0.2) is 29.1 Å². The highest BCUT2D eigenvalue weighted by molar-refractivity contribution is 5.36. The summed E-state index contributed by atoms with van der Waals surface area (Å²) in [6.45, 7) is 7.80. The van der Waals surface area contributed by atoms with Gasteiger partial charge < -0.3 is 10.2 Å². The van der Waals surface area contributed by atoms with Crippen molar-refractivity contribution in [3.8, 4) is 0 Å². The van der Waals surface area contributed by atoms with Gasteiger partial charge in [-0.05, 0) is 37.5 Å². The Morgan fingerprint density at radius 2 is 2.05 bits per heavy atom. The third-order valence-corrected chi connectivity index (χ3v) is 4.50. The lowest BCUT2D eigenvalue weighted by Gasteiger charge is -2.23. The molecule has 4 heteroatoms. The Labute approximate surface area is 122 Å². The summed E-state index contributed by atoms with van der Waals surface area (Å²) in [7, 11) is 0. The molecule has 2 aliphatic rings. The van der Waals surface area contributed by atoms with E-state index in [0.717, 1.165) is 37.2 Å². The lowest BCUT2D eigenvalue weighted by atomic mass is 9.85. The number of aromatic nitrogens is 2. The van der Waals surface area contributed by atoms with E-state index in [1.165, 1.54) is 32.1 Å². The fraction of sp³-hybridized carbons (Fsp3) is 0.750. The standard InChI is InChI=1S/C16H26N4/c1-16(2)6-3-8-20(9-7-16)15-12-18-14(11-19-15)10-17-13-4-5-13/h11-13,17H,3-10H2,1-2H3. The molecule has 2 fully saturated rings. The minimum atomic E-state index is 0.469. The summed E-state index contributed by atoms with van der Waals surface area (Å²) in [5.41, 5.74) is 1.52. The van der Waals surface area contributed by atoms with Crippen LogP contribution in [0.4, 0.5) is 5.82 Å². The second-order valence-electron chi connectivity index (χ2n) is 7.03. The third-order valence-electron chi connectivity index (χ3n) is 4.50. The van der Waals surface area contributed by atoms with Crippen LogP contribution in [0, 0.1) is 5.41 Å². The highest BCUT2D eigenvalue weighted by Crippen LogP contribution is 2.30. The summed E-state index contributed by atoms with van der Waals surface area (Å²) in [6.07, 6.45) is 10.3. The number of nitrogens with zero attached hydrogens (tertiary/aromatic N) is 3. The molecule has 2 heterocycles. The fourth-order valence-electron chi connectivity index (χ4n) is 2.79. The lowest BCUT2D eigenvalue weighted by Crippen LogP contribution is -2.26. The van der Waals surface area contributed by atoms with Crippen LogP contribution in [0.15, 0.2) is 12.4 Å². The molecule has 1 aliphatic carbocycles. The molecule has 1 aromatic rings. The van der Waals surface area contributed by atoms with Gasteiger partial charge >= 0.3 is 0 Å². The van der Waals surface area contributed by atoms with Crippen molar-refractivity contribution in [3.05, 3.63) is 18.1 Å². The predicted molar refractivity (Wildman–Crippen MR) is 81.7 cm³/mol. The molecule has 0 spiro atoms. The Hall–Kier alpha value is -1.16. The smallest absolute Gasteiger partial charge is 0.147 e. The quantitative estimate of drug-likeness (QED) is 0.916. The second kappa shape index (κ2) is 5.68. The maximum Gasteiger partial charge on any atom is 0.147 e. The average Bonchev–Trinajstić information content (AvgIpc) is 3.25. The summed E-state index contributed by atoms with van der Waals surface area (Å²) in [4.78, 5) is 11.6. The molecule has 0 bridgehead atoms. The van der Waals surface area contributed by atoms with Crippen LogP contribution in [0.25, 0.3) is 0 Å². The first-order valence-corrected chi connectivity index (χ1v) is 7.92. The van der Waals surface area contributed by atoms with E-state index in [2.05, 4.69) is 34.0 Å². The summed E-state index contributed by atoms with van der Waals surface area (Å²) in [6, 6.07) is 0.726. The average molecular weight is 274 g/mol. The zero-order chi connectivity index (χ0) is 14.0. The molecule has 3 rings (SSSR count). The number of rotatable bonds is 4. The van der Waals surface area contributed by atoms with E-state index in [1.807, 2.05) is 12.4 Å². The van der Waals surface area contributed by atoms with E-state index in [4.69, 9.17) is 0 Å². The minimum Gasteiger partial charge on any atom is -0.355 e. The first-order valence-electron chi connectivity index (χ1n) is 7.92. The van der Waals surface area contributed by atoms with E-state index < -0.39 is 0 Å². The van der Waals surface area contributed by atoms with Gasteiger partial charge in [-0.2, -0.15) is 0 Å². The van der Waals surface area contributed by atoms with Crippen LogP contribution in [0.2, 0.25) is 0 Å². The topological polar surface area (TPSA) is 41.1 Å². The highest BCUT2D eigenvalue weighted by Gasteiger charge is 2.24. The van der Waals surface area contributed by atoms with Crippen LogP contribution in [0.3, 0.4) is 0 Å². The minimum absolute atomic E-state index is 0.469. The van der Waals surface area contributed by atoms with Crippen LogP contribution >= 0.6 is 0 Å². The van der Waals surface area contributed by atoms with Gasteiger partial charge in [-0.3, -0.25) is 4.98 Å². The number of hydrogen-bond donors (Lipinski definition) is 1. The molecular formula is C16H26N4. The van der Waals surface area contributed by atoms with Gasteiger partial charge in [0.1, 0.15) is 5.82 Å². The fourth-order valence-corrected chi connectivity index (χ4v) is 2.79. The molecule has 4 nitrogen and oxygen atoms in total. The third kappa shape index (κ3) is 3.69. The molecule has 1 saturated heterocycles. The van der Waals surface area contributed by atoms with Crippen LogP contribution in [-0.2, 0) is 6.54 Å². The summed E-state index contributed by atoms with van der Waals surface area (Å²) >= 11 is 0. The predicted octanol–water partition coefficient (Wildman–Crippen LogP) is 2.75. The molecule has 1 aromatic heterocycles. The summed E-state index contributed by atoms with van der Waals surface area (Å²) < 4.78 is 0. The Kier molecular flexibility index (Phi) is 3.92. The Morgan fingerprint density at radius 3 is 2.75 bits per heavy atom. The summed E-state index contributed by atoms with van der Waals surface area (Å²) in [5.74, 6) is 1.04. The molecule has 1 aliphatic heterocycles. The van der Waals surface area contributed by atoms with Gasteiger partial charge in [0.2, 0.25) is 0 Å². The van der Waals surface area contributed by atoms with Gasteiger partial charge in [-0.15, -0.1) is 0 Å². The molecule has 110 valence electrons. The van der Waals surface area contributed by atoms with Gasteiger partial charge in [0.05, 0.1) is 18.1 Å². The largest absolute Gasteiger partial charge is 0.355 e. The lowest BCUT2D eigenvalue weighted by molar-refractivity contribution is 0.325. The van der Waals surface area contributed by atoms with Gasteiger partial charge in [0, 0.05) is 25.7 Å². The van der Waals surface area contributed by atoms with Crippen molar-refractivity contribution in [3.63, 3.8) is 0 Å². The zero-order valence-corrected chi connectivity index (χ0v) is 12.7. The zero-order valence-electron chi connectivity index (χ0n) is 12.7. The molecule has 20 heavy (non-hydrogen) atoms. The maximum atomic E-state index is 4.61. The van der Waals surface area contributed by atoms with Crippen molar-refractivity contribution in [2.45, 2.75) is 58.5 Å². The maximum absolute atomic E-state index is 4.61. The van der Waals surface area contributed by atoms with E-state index in [9.17, 15) is 0 Å². The van der Waals surface area contributed by atoms with Crippen molar-refractivity contribution in [1.82, 2.24) is 15.3 Å². The SMILES string of the molecule is CC1(C)CCCN(c2cnc(CNC3CC3)cn2)CC1. The Bertz CT molecular complexity index is 436. The molecule has 0 radical (unpaired) electrons. The van der Waals surface area contributed by atoms with Crippen molar-refractivity contribution < 1.29 is 0 Å². The molecule has 0 amide bonds. The highest BCUT2D eigenvalue weighted by atomic mass is 15.2. The van der Waals surface area contributed by atoms with Crippen molar-refractivity contribution in [2.75, 3.05) is 18.0 Å². The van der Waals surface area contributed by atoms with E-state index >= 15 is 0 Å². The molecule has 1 N–H and O–H groups in total. The van der Waals surface area contributed by atoms with Crippen LogP contribution < -0.4 is 10.2 Å². The van der Waals surface area contributed by atoms with Crippen molar-refractivity contribution in [1.29, 1.82) is 0 Å². The first-order chi connectivity index (χ1) is 9.62. The molecule has 0 unspecified atom stereocenters. The number of nitrogens with one attached hydrogen (secondary N) is 1. The van der Waals surface area contributed by atoms with Gasteiger partial charge in [0.15, 0.2) is 0 Å². The van der Waals surface area contributed by atoms with Gasteiger partial charge in [0.25, 0.3) is 0 Å².